The molecule has 0 unspecified atom stereocenters. The summed E-state index contributed by atoms with van der Waals surface area (Å²) in [4.78, 5) is 48.8. The molecule has 0 bridgehead atoms. The lowest BCUT2D eigenvalue weighted by molar-refractivity contribution is -0.385. The third-order valence-electron chi connectivity index (χ3n) is 5.45. The van der Waals surface area contributed by atoms with Crippen LogP contribution in [0, 0.1) is 10.1 Å². The Balaban J connectivity index is 1.69. The van der Waals surface area contributed by atoms with E-state index in [1.54, 1.807) is 48.5 Å². The zero-order valence-corrected chi connectivity index (χ0v) is 19.7. The lowest BCUT2D eigenvalue weighted by Crippen LogP contribution is -2.40. The molecule has 0 aliphatic carbocycles. The fourth-order valence-corrected chi connectivity index (χ4v) is 3.61. The van der Waals surface area contributed by atoms with Crippen molar-refractivity contribution in [3.8, 4) is 11.5 Å². The molecule has 0 aliphatic heterocycles. The Hall–Kier alpha value is -5.59. The van der Waals surface area contributed by atoms with Crippen molar-refractivity contribution in [2.75, 3.05) is 7.11 Å². The highest BCUT2D eigenvalue weighted by Crippen LogP contribution is 2.31. The molecule has 0 spiro atoms. The molecule has 3 aromatic carbocycles. The molecule has 1 heterocycles. The highest BCUT2D eigenvalue weighted by molar-refractivity contribution is 5.99. The van der Waals surface area contributed by atoms with Crippen molar-refractivity contribution in [1.82, 2.24) is 20.9 Å². The monoisotopic (exact) mass is 515 g/mol. The van der Waals surface area contributed by atoms with Gasteiger partial charge in [-0.15, -0.1) is 0 Å². The van der Waals surface area contributed by atoms with Gasteiger partial charge in [0.2, 0.25) is 0 Å². The molecule has 1 aromatic heterocycles. The van der Waals surface area contributed by atoms with Crippen LogP contribution in [-0.4, -0.2) is 40.3 Å². The molecule has 0 fully saturated rings. The van der Waals surface area contributed by atoms with Gasteiger partial charge in [0, 0.05) is 17.0 Å². The summed E-state index contributed by atoms with van der Waals surface area (Å²) in [6.07, 6.45) is 0.921. The molecule has 13 nitrogen and oxygen atoms in total. The van der Waals surface area contributed by atoms with Crippen molar-refractivity contribution >= 4 is 34.5 Å². The van der Waals surface area contributed by atoms with Gasteiger partial charge >= 0.3 is 0 Å². The molecule has 38 heavy (non-hydrogen) atoms. The minimum atomic E-state index is -1.42. The molecule has 0 saturated carbocycles. The number of H-pyrrole nitrogens is 1. The van der Waals surface area contributed by atoms with Gasteiger partial charge in [0.25, 0.3) is 23.1 Å². The minimum absolute atomic E-state index is 0.0405. The Morgan fingerprint density at radius 2 is 1.79 bits per heavy atom. The SMILES string of the molecule is COc1cc([N+](=O)[O-])cc(/C=N\NC(=O)[C@H](NC(=O)c2ccccc2)c2n[nH]c(=O)c3ccccc23)c1[O-]. The second kappa shape index (κ2) is 11.0. The van der Waals surface area contributed by atoms with Gasteiger partial charge in [0.05, 0.1) is 29.7 Å². The van der Waals surface area contributed by atoms with Gasteiger partial charge in [-0.3, -0.25) is 24.5 Å². The number of methoxy groups -OCH3 is 1. The number of hydrogen-bond acceptors (Lipinski definition) is 9. The van der Waals surface area contributed by atoms with Crippen LogP contribution in [0.2, 0.25) is 0 Å². The third-order valence-corrected chi connectivity index (χ3v) is 5.45. The predicted molar refractivity (Wildman–Crippen MR) is 134 cm³/mol. The summed E-state index contributed by atoms with van der Waals surface area (Å²) >= 11 is 0. The second-order valence-corrected chi connectivity index (χ2v) is 7.81. The van der Waals surface area contributed by atoms with Crippen molar-refractivity contribution in [3.05, 3.63) is 104 Å². The fourth-order valence-electron chi connectivity index (χ4n) is 3.61. The lowest BCUT2D eigenvalue weighted by atomic mass is 10.0. The Morgan fingerprint density at radius 3 is 2.47 bits per heavy atom. The molecule has 1 atom stereocenters. The number of hydrogen-bond donors (Lipinski definition) is 3. The van der Waals surface area contributed by atoms with E-state index >= 15 is 0 Å². The van der Waals surface area contributed by atoms with E-state index in [2.05, 4.69) is 26.0 Å². The number of aromatic nitrogens is 2. The maximum absolute atomic E-state index is 13.2. The number of nitrogens with zero attached hydrogens (tertiary/aromatic N) is 3. The van der Waals surface area contributed by atoms with Gasteiger partial charge in [-0.1, -0.05) is 42.1 Å². The molecular weight excluding hydrogens is 496 g/mol. The number of amides is 2. The summed E-state index contributed by atoms with van der Waals surface area (Å²) in [5.41, 5.74) is 1.41. The molecule has 13 heteroatoms. The average Bonchev–Trinajstić information content (AvgIpc) is 2.93. The molecule has 0 aliphatic rings. The number of fused-ring (bicyclic) bond motifs is 1. The van der Waals surface area contributed by atoms with Crippen molar-refractivity contribution < 1.29 is 24.4 Å². The van der Waals surface area contributed by atoms with E-state index in [9.17, 15) is 29.6 Å². The number of aromatic amines is 1. The van der Waals surface area contributed by atoms with Gasteiger partial charge in [0.15, 0.2) is 6.04 Å². The Labute approximate surface area is 213 Å². The predicted octanol–water partition coefficient (Wildman–Crippen LogP) is 1.53. The summed E-state index contributed by atoms with van der Waals surface area (Å²) in [5, 5.41) is 36.8. The maximum atomic E-state index is 13.2. The van der Waals surface area contributed by atoms with Crippen LogP contribution in [0.3, 0.4) is 0 Å². The number of carbonyl (C=O) groups is 2. The van der Waals surface area contributed by atoms with Gasteiger partial charge in [0.1, 0.15) is 11.4 Å². The van der Waals surface area contributed by atoms with E-state index < -0.39 is 39.8 Å². The highest BCUT2D eigenvalue weighted by Gasteiger charge is 2.27. The summed E-state index contributed by atoms with van der Waals surface area (Å²) in [5.74, 6) is -2.42. The van der Waals surface area contributed by atoms with E-state index in [1.807, 2.05) is 0 Å². The number of rotatable bonds is 8. The van der Waals surface area contributed by atoms with Crippen LogP contribution in [0.1, 0.15) is 27.7 Å². The van der Waals surface area contributed by atoms with Crippen LogP contribution in [0.4, 0.5) is 5.69 Å². The summed E-state index contributed by atoms with van der Waals surface area (Å²) in [6.45, 7) is 0. The zero-order chi connectivity index (χ0) is 27.2. The second-order valence-electron chi connectivity index (χ2n) is 7.81. The lowest BCUT2D eigenvalue weighted by Gasteiger charge is -2.18. The number of hydrazone groups is 1. The van der Waals surface area contributed by atoms with Crippen LogP contribution >= 0.6 is 0 Å². The summed E-state index contributed by atoms with van der Waals surface area (Å²) in [6, 6.07) is 15.0. The standard InChI is InChI=1S/C25H20N6O7/c1-38-19-12-16(31(36)37)11-15(22(19)32)13-26-29-25(35)21(27-23(33)14-7-3-2-4-8-14)20-17-9-5-6-10-18(17)24(34)30-28-20/h2-13,21,32H,1H3,(H,27,33)(H,29,35)(H,30,34)/p-1/b26-13-/t21-/m1/s1. The van der Waals surface area contributed by atoms with Crippen LogP contribution < -0.4 is 26.1 Å². The summed E-state index contributed by atoms with van der Waals surface area (Å²) < 4.78 is 4.89. The van der Waals surface area contributed by atoms with Crippen LogP contribution in [0.15, 0.2) is 76.6 Å². The molecule has 192 valence electrons. The summed E-state index contributed by atoms with van der Waals surface area (Å²) in [7, 11) is 1.19. The Kier molecular flexibility index (Phi) is 7.38. The first-order valence-electron chi connectivity index (χ1n) is 11.0. The zero-order valence-electron chi connectivity index (χ0n) is 19.7. The number of ether oxygens (including phenoxy) is 1. The Morgan fingerprint density at radius 1 is 1.11 bits per heavy atom. The Bertz CT molecular complexity index is 1620. The van der Waals surface area contributed by atoms with E-state index in [0.29, 0.717) is 5.39 Å². The normalized spacial score (nSPS) is 11.7. The minimum Gasteiger partial charge on any atom is -0.870 e. The number of nitro benzene ring substituents is 1. The number of non-ortho nitro benzene ring substituents is 1. The fraction of sp³-hybridized carbons (Fsp3) is 0.0800. The number of nitrogens with one attached hydrogen (secondary N) is 3. The van der Waals surface area contributed by atoms with Gasteiger partial charge < -0.3 is 15.2 Å². The number of carbonyl (C=O) groups excluding carboxylic acids is 2. The largest absolute Gasteiger partial charge is 0.870 e. The molecule has 4 aromatic rings. The van der Waals surface area contributed by atoms with Gasteiger partial charge in [-0.05, 0) is 23.8 Å². The maximum Gasteiger partial charge on any atom is 0.273 e. The molecule has 3 N–H and O–H groups in total. The first-order valence-corrected chi connectivity index (χ1v) is 11.0. The average molecular weight is 515 g/mol. The number of benzene rings is 3. The van der Waals surface area contributed by atoms with Crippen LogP contribution in [-0.2, 0) is 4.79 Å². The molecule has 4 rings (SSSR count). The van der Waals surface area contributed by atoms with E-state index in [0.717, 1.165) is 18.3 Å². The van der Waals surface area contributed by atoms with Crippen LogP contribution in [0.5, 0.6) is 11.5 Å². The molecule has 0 radical (unpaired) electrons. The van der Waals surface area contributed by atoms with Crippen molar-refractivity contribution in [3.63, 3.8) is 0 Å². The van der Waals surface area contributed by atoms with Crippen molar-refractivity contribution in [1.29, 1.82) is 0 Å². The van der Waals surface area contributed by atoms with E-state index in [4.69, 9.17) is 4.74 Å². The topological polar surface area (TPSA) is 192 Å². The van der Waals surface area contributed by atoms with Crippen molar-refractivity contribution in [2.24, 2.45) is 5.10 Å². The van der Waals surface area contributed by atoms with Gasteiger partial charge in [-0.2, -0.15) is 10.2 Å². The van der Waals surface area contributed by atoms with Crippen LogP contribution in [0.25, 0.3) is 10.8 Å². The quantitative estimate of drug-likeness (QED) is 0.179. The first-order chi connectivity index (χ1) is 18.3. The third kappa shape index (κ3) is 5.31. The van der Waals surface area contributed by atoms with Crippen molar-refractivity contribution in [2.45, 2.75) is 6.04 Å². The van der Waals surface area contributed by atoms with E-state index in [-0.39, 0.29) is 28.0 Å². The first kappa shape index (κ1) is 25.5. The van der Waals surface area contributed by atoms with Gasteiger partial charge in [-0.25, -0.2) is 10.5 Å². The smallest absolute Gasteiger partial charge is 0.273 e. The molecule has 2 amide bonds. The van der Waals surface area contributed by atoms with E-state index in [1.165, 1.54) is 13.2 Å². The highest BCUT2D eigenvalue weighted by atomic mass is 16.6. The number of nitro groups is 1. The molecular formula is C25H19N6O7-. The molecule has 0 saturated heterocycles.